The van der Waals surface area contributed by atoms with Crippen LogP contribution in [0.25, 0.3) is 20.7 Å². The number of likely N-dealkylation sites (tertiary alicyclic amines) is 1. The Bertz CT molecular complexity index is 1030. The number of piperidine rings is 1. The van der Waals surface area contributed by atoms with E-state index in [1.54, 1.807) is 16.2 Å². The van der Waals surface area contributed by atoms with Crippen LogP contribution >= 0.6 is 11.3 Å². The van der Waals surface area contributed by atoms with Crippen molar-refractivity contribution >= 4 is 39.2 Å². The molecular formula is C22H24N4O3S. The van der Waals surface area contributed by atoms with Crippen LogP contribution in [0, 0.1) is 5.92 Å². The first-order valence-corrected chi connectivity index (χ1v) is 11.0. The number of anilines is 1. The number of hydrogen-bond donors (Lipinski definition) is 1. The lowest BCUT2D eigenvalue weighted by atomic mass is 9.97. The maximum atomic E-state index is 12.6. The highest BCUT2D eigenvalue weighted by molar-refractivity contribution is 7.21. The summed E-state index contributed by atoms with van der Waals surface area (Å²) in [7, 11) is 0. The third kappa shape index (κ3) is 4.43. The van der Waals surface area contributed by atoms with Crippen molar-refractivity contribution in [1.29, 1.82) is 0 Å². The standard InChI is InChI=1S/C22H24N4O3S/c1-2-29-22(28)16-8-10-26(11-9-16)19(27)13-23-20-17-12-18(15-6-4-3-5-7-15)30-21(17)25-14-24-20/h3-7,12,14,16H,2,8-11,13H2,1H3,(H,23,24,25). The van der Waals surface area contributed by atoms with Crippen molar-refractivity contribution in [3.63, 3.8) is 0 Å². The minimum absolute atomic E-state index is 0.00239. The maximum Gasteiger partial charge on any atom is 0.309 e. The van der Waals surface area contributed by atoms with Gasteiger partial charge in [0.1, 0.15) is 17.0 Å². The molecule has 3 aromatic rings. The third-order valence-electron chi connectivity index (χ3n) is 5.26. The lowest BCUT2D eigenvalue weighted by Gasteiger charge is -2.31. The number of carbonyl (C=O) groups excluding carboxylic acids is 2. The van der Waals surface area contributed by atoms with Crippen molar-refractivity contribution < 1.29 is 14.3 Å². The highest BCUT2D eigenvalue weighted by Gasteiger charge is 2.28. The van der Waals surface area contributed by atoms with Gasteiger partial charge in [0.15, 0.2) is 0 Å². The minimum atomic E-state index is -0.155. The van der Waals surface area contributed by atoms with Crippen LogP contribution in [-0.2, 0) is 14.3 Å². The minimum Gasteiger partial charge on any atom is -0.466 e. The van der Waals surface area contributed by atoms with Gasteiger partial charge in [-0.3, -0.25) is 9.59 Å². The van der Waals surface area contributed by atoms with Crippen molar-refractivity contribution in [3.8, 4) is 10.4 Å². The molecule has 30 heavy (non-hydrogen) atoms. The van der Waals surface area contributed by atoms with Crippen LogP contribution in [0.4, 0.5) is 5.82 Å². The van der Waals surface area contributed by atoms with Gasteiger partial charge in [-0.15, -0.1) is 11.3 Å². The van der Waals surface area contributed by atoms with E-state index in [2.05, 4.69) is 33.5 Å². The number of benzene rings is 1. The Morgan fingerprint density at radius 1 is 1.20 bits per heavy atom. The van der Waals surface area contributed by atoms with E-state index >= 15 is 0 Å². The number of fused-ring (bicyclic) bond motifs is 1. The van der Waals surface area contributed by atoms with E-state index in [0.29, 0.717) is 38.4 Å². The lowest BCUT2D eigenvalue weighted by Crippen LogP contribution is -2.43. The highest BCUT2D eigenvalue weighted by atomic mass is 32.1. The molecule has 2 aromatic heterocycles. The van der Waals surface area contributed by atoms with Crippen molar-refractivity contribution in [3.05, 3.63) is 42.7 Å². The number of thiophene rings is 1. The molecule has 1 aliphatic rings. The Hall–Kier alpha value is -3.00. The van der Waals surface area contributed by atoms with Gasteiger partial charge in [-0.2, -0.15) is 0 Å². The summed E-state index contributed by atoms with van der Waals surface area (Å²) in [5, 5.41) is 4.09. The van der Waals surface area contributed by atoms with Crippen LogP contribution in [0.3, 0.4) is 0 Å². The zero-order valence-electron chi connectivity index (χ0n) is 16.8. The Balaban J connectivity index is 1.39. The van der Waals surface area contributed by atoms with Gasteiger partial charge in [-0.05, 0) is 31.4 Å². The van der Waals surface area contributed by atoms with Gasteiger partial charge in [0.2, 0.25) is 5.91 Å². The molecule has 4 rings (SSSR count). The number of aromatic nitrogens is 2. The summed E-state index contributed by atoms with van der Waals surface area (Å²) in [5.74, 6) is 0.402. The molecule has 156 valence electrons. The zero-order chi connectivity index (χ0) is 20.9. The van der Waals surface area contributed by atoms with Gasteiger partial charge in [0.05, 0.1) is 24.5 Å². The molecule has 7 nitrogen and oxygen atoms in total. The first-order chi connectivity index (χ1) is 14.7. The molecule has 0 saturated carbocycles. The second-order valence-electron chi connectivity index (χ2n) is 7.18. The number of nitrogens with one attached hydrogen (secondary N) is 1. The highest BCUT2D eigenvalue weighted by Crippen LogP contribution is 2.34. The summed E-state index contributed by atoms with van der Waals surface area (Å²) in [6, 6.07) is 12.2. The molecule has 1 N–H and O–H groups in total. The largest absolute Gasteiger partial charge is 0.466 e. The Labute approximate surface area is 179 Å². The van der Waals surface area contributed by atoms with E-state index < -0.39 is 0 Å². The molecule has 0 unspecified atom stereocenters. The van der Waals surface area contributed by atoms with Crippen molar-refractivity contribution in [2.24, 2.45) is 5.92 Å². The summed E-state index contributed by atoms with van der Waals surface area (Å²) in [6.45, 7) is 3.50. The number of nitrogens with zero attached hydrogens (tertiary/aromatic N) is 3. The second kappa shape index (κ2) is 9.21. The molecule has 0 radical (unpaired) electrons. The average molecular weight is 425 g/mol. The maximum absolute atomic E-state index is 12.6. The smallest absolute Gasteiger partial charge is 0.309 e. The Kier molecular flexibility index (Phi) is 6.23. The topological polar surface area (TPSA) is 84.4 Å². The first-order valence-electron chi connectivity index (χ1n) is 10.1. The van der Waals surface area contributed by atoms with E-state index in [9.17, 15) is 9.59 Å². The predicted octanol–water partition coefficient (Wildman–Crippen LogP) is 3.57. The van der Waals surface area contributed by atoms with Crippen molar-refractivity contribution in [2.45, 2.75) is 19.8 Å². The SMILES string of the molecule is CCOC(=O)C1CCN(C(=O)CNc2ncnc3sc(-c4ccccc4)cc23)CC1. The molecular weight excluding hydrogens is 400 g/mol. The van der Waals surface area contributed by atoms with E-state index in [-0.39, 0.29) is 24.3 Å². The summed E-state index contributed by atoms with van der Waals surface area (Å²) >= 11 is 1.60. The lowest BCUT2D eigenvalue weighted by molar-refractivity contribution is -0.151. The first kappa shape index (κ1) is 20.3. The third-order valence-corrected chi connectivity index (χ3v) is 6.35. The van der Waals surface area contributed by atoms with Gasteiger partial charge in [0.25, 0.3) is 0 Å². The number of hydrogen-bond acceptors (Lipinski definition) is 7. The monoisotopic (exact) mass is 424 g/mol. The summed E-state index contributed by atoms with van der Waals surface area (Å²) in [6.07, 6.45) is 2.81. The molecule has 1 fully saturated rings. The fraction of sp³-hybridized carbons (Fsp3) is 0.364. The van der Waals surface area contributed by atoms with Crippen LogP contribution in [-0.4, -0.2) is 53.0 Å². The second-order valence-corrected chi connectivity index (χ2v) is 8.21. The van der Waals surface area contributed by atoms with Crippen LogP contribution < -0.4 is 5.32 Å². The molecule has 3 heterocycles. The molecule has 1 saturated heterocycles. The van der Waals surface area contributed by atoms with Crippen LogP contribution in [0.2, 0.25) is 0 Å². The van der Waals surface area contributed by atoms with Crippen LogP contribution in [0.5, 0.6) is 0 Å². The number of rotatable bonds is 6. The zero-order valence-corrected chi connectivity index (χ0v) is 17.7. The van der Waals surface area contributed by atoms with Gasteiger partial charge < -0.3 is 15.0 Å². The average Bonchev–Trinajstić information content (AvgIpc) is 3.23. The summed E-state index contributed by atoms with van der Waals surface area (Å²) in [5.41, 5.74) is 1.13. The molecule has 8 heteroatoms. The van der Waals surface area contributed by atoms with Gasteiger partial charge in [0, 0.05) is 18.0 Å². The number of carbonyl (C=O) groups is 2. The fourth-order valence-electron chi connectivity index (χ4n) is 3.64. The van der Waals surface area contributed by atoms with E-state index in [4.69, 9.17) is 4.74 Å². The molecule has 0 spiro atoms. The Morgan fingerprint density at radius 3 is 2.70 bits per heavy atom. The van der Waals surface area contributed by atoms with Gasteiger partial charge in [-0.25, -0.2) is 9.97 Å². The van der Waals surface area contributed by atoms with Crippen LogP contribution in [0.15, 0.2) is 42.7 Å². The van der Waals surface area contributed by atoms with E-state index in [0.717, 1.165) is 20.7 Å². The van der Waals surface area contributed by atoms with E-state index in [1.165, 1.54) is 6.33 Å². The summed E-state index contributed by atoms with van der Waals surface area (Å²) in [4.78, 5) is 37.0. The molecule has 1 aromatic carbocycles. The molecule has 0 bridgehead atoms. The number of amides is 1. The normalized spacial score (nSPS) is 14.6. The van der Waals surface area contributed by atoms with Crippen LogP contribution in [0.1, 0.15) is 19.8 Å². The summed E-state index contributed by atoms with van der Waals surface area (Å²) < 4.78 is 5.09. The molecule has 1 amide bonds. The van der Waals surface area contributed by atoms with Crippen molar-refractivity contribution in [1.82, 2.24) is 14.9 Å². The molecule has 1 aliphatic heterocycles. The quantitative estimate of drug-likeness (QED) is 0.609. The number of ether oxygens (including phenoxy) is 1. The molecule has 0 atom stereocenters. The fourth-order valence-corrected chi connectivity index (χ4v) is 4.64. The predicted molar refractivity (Wildman–Crippen MR) is 117 cm³/mol. The van der Waals surface area contributed by atoms with Crippen molar-refractivity contribution in [2.75, 3.05) is 31.6 Å². The van der Waals surface area contributed by atoms with E-state index in [1.807, 2.05) is 25.1 Å². The number of esters is 1. The van der Waals surface area contributed by atoms with Gasteiger partial charge >= 0.3 is 5.97 Å². The van der Waals surface area contributed by atoms with Gasteiger partial charge in [-0.1, -0.05) is 30.3 Å². The molecule has 0 aliphatic carbocycles. The Morgan fingerprint density at radius 2 is 1.97 bits per heavy atom.